The number of benzene rings is 2. The van der Waals surface area contributed by atoms with Gasteiger partial charge in [0, 0.05) is 6.54 Å². The van der Waals surface area contributed by atoms with Gasteiger partial charge < -0.3 is 37.9 Å². The SMILES string of the molecule is Cl.Cl.Cl.NCCC[C@H](NC(=O)[C@@H](N)CCCN)C(=O)N[C@@H](CCc1ccccc1)C(=O)NCc1ccc(OC(F)(F)F)cc1. The molecular formula is C28H42Cl3F3N6O4. The Kier molecular flexibility index (Phi) is 22.3. The maximum absolute atomic E-state index is 13.3. The van der Waals surface area contributed by atoms with Crippen LogP contribution < -0.4 is 37.9 Å². The first-order valence-electron chi connectivity index (χ1n) is 13.4. The second kappa shape index (κ2) is 22.7. The van der Waals surface area contributed by atoms with Gasteiger partial charge in [-0.25, -0.2) is 0 Å². The van der Waals surface area contributed by atoms with Crippen LogP contribution in [-0.2, 0) is 27.3 Å². The van der Waals surface area contributed by atoms with Gasteiger partial charge in [0.15, 0.2) is 0 Å². The number of carbonyl (C=O) groups excluding carboxylic acids is 3. The summed E-state index contributed by atoms with van der Waals surface area (Å²) >= 11 is 0. The standard InChI is InChI=1S/C28H39F3N6O4.3ClH/c29-28(30,31)41-21-13-10-20(11-14-21)18-35-26(39)24(15-12-19-6-2-1-3-7-19)37-27(40)23(9-5-17-33)36-25(38)22(34)8-4-16-32;;;/h1-3,6-7,10-11,13-14,22-24H,4-5,8-9,12,15-18,32-34H2,(H,35,39)(H,36,38)(H,37,40);3*1H/t22-,23-,24-;;;/m0.../s1. The molecule has 9 N–H and O–H groups in total. The third-order valence-electron chi connectivity index (χ3n) is 6.21. The molecule has 2 aromatic carbocycles. The van der Waals surface area contributed by atoms with Crippen molar-refractivity contribution in [3.63, 3.8) is 0 Å². The Hall–Kier alpha value is -2.81. The summed E-state index contributed by atoms with van der Waals surface area (Å²) < 4.78 is 41.1. The van der Waals surface area contributed by atoms with E-state index in [2.05, 4.69) is 20.7 Å². The average Bonchev–Trinajstić information content (AvgIpc) is 2.94. The third-order valence-corrected chi connectivity index (χ3v) is 6.21. The fraction of sp³-hybridized carbons (Fsp3) is 0.464. The number of hydrogen-bond acceptors (Lipinski definition) is 7. The summed E-state index contributed by atoms with van der Waals surface area (Å²) in [6.45, 7) is 0.678. The minimum absolute atomic E-state index is 0. The van der Waals surface area contributed by atoms with Gasteiger partial charge in [-0.2, -0.15) is 0 Å². The van der Waals surface area contributed by atoms with Gasteiger partial charge in [0.1, 0.15) is 17.8 Å². The van der Waals surface area contributed by atoms with E-state index in [0.717, 1.165) is 17.7 Å². The van der Waals surface area contributed by atoms with Crippen LogP contribution in [0.15, 0.2) is 54.6 Å². The van der Waals surface area contributed by atoms with Gasteiger partial charge in [-0.1, -0.05) is 42.5 Å². The van der Waals surface area contributed by atoms with Crippen LogP contribution in [0.5, 0.6) is 5.75 Å². The van der Waals surface area contributed by atoms with Crippen molar-refractivity contribution in [2.24, 2.45) is 17.2 Å². The number of rotatable bonds is 17. The highest BCUT2D eigenvalue weighted by atomic mass is 35.5. The summed E-state index contributed by atoms with van der Waals surface area (Å²) in [7, 11) is 0. The summed E-state index contributed by atoms with van der Waals surface area (Å²) in [5.41, 5.74) is 18.5. The first-order valence-corrected chi connectivity index (χ1v) is 13.4. The highest BCUT2D eigenvalue weighted by Gasteiger charge is 2.31. The molecule has 0 heterocycles. The number of hydrogen-bond donors (Lipinski definition) is 6. The highest BCUT2D eigenvalue weighted by molar-refractivity contribution is 5.93. The monoisotopic (exact) mass is 688 g/mol. The molecule has 2 rings (SSSR count). The van der Waals surface area contributed by atoms with Crippen molar-refractivity contribution < 1.29 is 32.3 Å². The van der Waals surface area contributed by atoms with Crippen LogP contribution in [0.4, 0.5) is 13.2 Å². The van der Waals surface area contributed by atoms with Gasteiger partial charge in [0.05, 0.1) is 6.04 Å². The lowest BCUT2D eigenvalue weighted by Crippen LogP contribution is -2.55. The van der Waals surface area contributed by atoms with Crippen molar-refractivity contribution in [1.82, 2.24) is 16.0 Å². The molecule has 0 fully saturated rings. The fourth-order valence-electron chi connectivity index (χ4n) is 3.96. The van der Waals surface area contributed by atoms with Crippen molar-refractivity contribution in [2.75, 3.05) is 13.1 Å². The number of ether oxygens (including phenoxy) is 1. The molecule has 0 aliphatic heterocycles. The molecule has 2 aromatic rings. The molecule has 10 nitrogen and oxygen atoms in total. The summed E-state index contributed by atoms with van der Waals surface area (Å²) in [6, 6.07) is 11.7. The lowest BCUT2D eigenvalue weighted by molar-refractivity contribution is -0.274. The van der Waals surface area contributed by atoms with Crippen LogP contribution in [0.2, 0.25) is 0 Å². The van der Waals surface area contributed by atoms with Crippen molar-refractivity contribution in [2.45, 2.75) is 69.6 Å². The molecule has 0 aliphatic carbocycles. The van der Waals surface area contributed by atoms with Gasteiger partial charge in [-0.15, -0.1) is 50.4 Å². The van der Waals surface area contributed by atoms with E-state index in [-0.39, 0.29) is 62.4 Å². The molecule has 0 aromatic heterocycles. The Morgan fingerprint density at radius 1 is 0.727 bits per heavy atom. The van der Waals surface area contributed by atoms with Crippen molar-refractivity contribution in [1.29, 1.82) is 0 Å². The minimum atomic E-state index is -4.81. The molecule has 0 unspecified atom stereocenters. The quantitative estimate of drug-likeness (QED) is 0.148. The Labute approximate surface area is 274 Å². The molecule has 16 heteroatoms. The van der Waals surface area contributed by atoms with Crippen molar-refractivity contribution in [3.05, 3.63) is 65.7 Å². The van der Waals surface area contributed by atoms with Gasteiger partial charge in [0.2, 0.25) is 17.7 Å². The summed E-state index contributed by atoms with van der Waals surface area (Å²) in [6.07, 6.45) is -2.47. The summed E-state index contributed by atoms with van der Waals surface area (Å²) in [5, 5.41) is 8.12. The Morgan fingerprint density at radius 2 is 1.27 bits per heavy atom. The first kappa shape index (κ1) is 43.3. The molecule has 0 bridgehead atoms. The zero-order valence-corrected chi connectivity index (χ0v) is 26.5. The van der Waals surface area contributed by atoms with Crippen molar-refractivity contribution >= 4 is 54.9 Å². The number of carbonyl (C=O) groups is 3. The van der Waals surface area contributed by atoms with Gasteiger partial charge in [-0.05, 0) is 74.9 Å². The number of amides is 3. The molecule has 0 radical (unpaired) electrons. The average molecular weight is 690 g/mol. The largest absolute Gasteiger partial charge is 0.573 e. The van der Waals surface area contributed by atoms with E-state index >= 15 is 0 Å². The highest BCUT2D eigenvalue weighted by Crippen LogP contribution is 2.22. The van der Waals surface area contributed by atoms with Crippen LogP contribution in [0.25, 0.3) is 0 Å². The molecule has 250 valence electrons. The molecule has 0 saturated heterocycles. The zero-order valence-electron chi connectivity index (χ0n) is 24.0. The molecule has 3 atom stereocenters. The fourth-order valence-corrected chi connectivity index (χ4v) is 3.96. The second-order valence-corrected chi connectivity index (χ2v) is 9.52. The van der Waals surface area contributed by atoms with E-state index in [9.17, 15) is 27.6 Å². The van der Waals surface area contributed by atoms with E-state index < -0.39 is 42.2 Å². The summed E-state index contributed by atoms with van der Waals surface area (Å²) in [5.74, 6) is -1.93. The van der Waals surface area contributed by atoms with Gasteiger partial charge in [0.25, 0.3) is 0 Å². The van der Waals surface area contributed by atoms with Crippen LogP contribution >= 0.6 is 37.2 Å². The first-order chi connectivity index (χ1) is 19.5. The smallest absolute Gasteiger partial charge is 0.406 e. The maximum atomic E-state index is 13.3. The Morgan fingerprint density at radius 3 is 1.84 bits per heavy atom. The van der Waals surface area contributed by atoms with Crippen LogP contribution in [-0.4, -0.2) is 55.3 Å². The molecule has 0 aliphatic rings. The number of nitrogens with two attached hydrogens (primary N) is 3. The van der Waals surface area contributed by atoms with E-state index in [4.69, 9.17) is 17.2 Å². The molecular weight excluding hydrogens is 648 g/mol. The Bertz CT molecular complexity index is 1100. The minimum Gasteiger partial charge on any atom is -0.406 e. The topological polar surface area (TPSA) is 175 Å². The van der Waals surface area contributed by atoms with Gasteiger partial charge >= 0.3 is 6.36 Å². The third kappa shape index (κ3) is 16.9. The molecule has 0 saturated carbocycles. The lowest BCUT2D eigenvalue weighted by Gasteiger charge is -2.24. The lowest BCUT2D eigenvalue weighted by atomic mass is 10.0. The van der Waals surface area contributed by atoms with E-state index in [1.165, 1.54) is 12.1 Å². The summed E-state index contributed by atoms with van der Waals surface area (Å²) in [4.78, 5) is 39.0. The normalized spacial score (nSPS) is 12.6. The van der Waals surface area contributed by atoms with E-state index in [1.807, 2.05) is 30.3 Å². The van der Waals surface area contributed by atoms with Crippen LogP contribution in [0.3, 0.4) is 0 Å². The zero-order chi connectivity index (χ0) is 30.3. The van der Waals surface area contributed by atoms with Gasteiger partial charge in [-0.3, -0.25) is 14.4 Å². The number of nitrogens with one attached hydrogen (secondary N) is 3. The van der Waals surface area contributed by atoms with Crippen LogP contribution in [0, 0.1) is 0 Å². The number of aryl methyl sites for hydroxylation is 1. The van der Waals surface area contributed by atoms with E-state index in [1.54, 1.807) is 0 Å². The van der Waals surface area contributed by atoms with Crippen LogP contribution in [0.1, 0.15) is 43.2 Å². The number of alkyl halides is 3. The maximum Gasteiger partial charge on any atom is 0.573 e. The van der Waals surface area contributed by atoms with Crippen molar-refractivity contribution in [3.8, 4) is 5.75 Å². The molecule has 0 spiro atoms. The number of halogens is 6. The Balaban J connectivity index is 0. The predicted octanol–water partition coefficient (Wildman–Crippen LogP) is 2.87. The molecule has 3 amide bonds. The predicted molar refractivity (Wildman–Crippen MR) is 170 cm³/mol. The second-order valence-electron chi connectivity index (χ2n) is 9.52. The van der Waals surface area contributed by atoms with E-state index in [0.29, 0.717) is 44.3 Å². The molecule has 44 heavy (non-hydrogen) atoms.